The first kappa shape index (κ1) is 7.09. The van der Waals surface area contributed by atoms with E-state index in [1.807, 2.05) is 13.0 Å². The Kier molecular flexibility index (Phi) is 1.30. The number of nitrogens with two attached hydrogens (primary N) is 1. The molecule has 0 fully saturated rings. The first-order chi connectivity index (χ1) is 5.66. The molecule has 2 rings (SSSR count). The van der Waals surface area contributed by atoms with Crippen LogP contribution in [-0.4, -0.2) is 9.97 Å². The summed E-state index contributed by atoms with van der Waals surface area (Å²) in [5.74, 6) is 1.92. The lowest BCUT2D eigenvalue weighted by Crippen LogP contribution is -1.94. The highest BCUT2D eigenvalue weighted by Gasteiger charge is 2.06. The molecule has 0 amide bonds. The van der Waals surface area contributed by atoms with E-state index in [1.165, 1.54) is 0 Å². The van der Waals surface area contributed by atoms with Crippen LogP contribution in [0.25, 0.3) is 11.1 Å². The van der Waals surface area contributed by atoms with E-state index in [-0.39, 0.29) is 0 Å². The first-order valence-corrected chi connectivity index (χ1v) is 3.67. The summed E-state index contributed by atoms with van der Waals surface area (Å²) in [4.78, 5) is 8.12. The maximum Gasteiger partial charge on any atom is 0.231 e. The molecule has 4 heteroatoms. The molecule has 0 saturated heterocycles. The molecule has 4 nitrogen and oxygen atoms in total. The van der Waals surface area contributed by atoms with E-state index >= 15 is 0 Å². The summed E-state index contributed by atoms with van der Waals surface area (Å²) in [6.45, 7) is 3.64. The van der Waals surface area contributed by atoms with E-state index in [2.05, 4.69) is 9.97 Å². The van der Waals surface area contributed by atoms with Gasteiger partial charge in [0.05, 0.1) is 5.39 Å². The molecule has 62 valence electrons. The lowest BCUT2D eigenvalue weighted by Gasteiger charge is -1.94. The Labute approximate surface area is 69.4 Å². The average Bonchev–Trinajstić information content (AvgIpc) is 2.29. The number of fused-ring (bicyclic) bond motifs is 1. The molecule has 0 unspecified atom stereocenters. The second-order valence-electron chi connectivity index (χ2n) is 2.73. The van der Waals surface area contributed by atoms with Crippen LogP contribution in [-0.2, 0) is 0 Å². The molecule has 0 aromatic carbocycles. The fraction of sp³-hybridized carbons (Fsp3) is 0.250. The van der Waals surface area contributed by atoms with Gasteiger partial charge in [-0.1, -0.05) is 0 Å². The Hall–Kier alpha value is -1.58. The summed E-state index contributed by atoms with van der Waals surface area (Å²) in [5, 5.41) is 0.790. The average molecular weight is 163 g/mol. The molecule has 2 aromatic rings. The number of nitrogens with zero attached hydrogens (tertiary/aromatic N) is 2. The minimum atomic E-state index is 0.481. The van der Waals surface area contributed by atoms with Gasteiger partial charge in [-0.2, -0.15) is 4.98 Å². The SMILES string of the molecule is Cc1nc(N)c2cc(C)oc2n1. The first-order valence-electron chi connectivity index (χ1n) is 3.67. The lowest BCUT2D eigenvalue weighted by atomic mass is 10.3. The number of nitrogen functional groups attached to an aromatic ring is 1. The van der Waals surface area contributed by atoms with Gasteiger partial charge in [0.2, 0.25) is 5.71 Å². The minimum absolute atomic E-state index is 0.481. The molecule has 0 aliphatic heterocycles. The van der Waals surface area contributed by atoms with E-state index in [0.29, 0.717) is 17.4 Å². The van der Waals surface area contributed by atoms with Gasteiger partial charge in [-0.15, -0.1) is 0 Å². The van der Waals surface area contributed by atoms with Crippen molar-refractivity contribution in [3.63, 3.8) is 0 Å². The Balaban J connectivity index is 2.88. The van der Waals surface area contributed by atoms with Crippen molar-refractivity contribution in [2.45, 2.75) is 13.8 Å². The number of aryl methyl sites for hydroxylation is 2. The van der Waals surface area contributed by atoms with Crippen molar-refractivity contribution in [1.29, 1.82) is 0 Å². The van der Waals surface area contributed by atoms with Gasteiger partial charge >= 0.3 is 0 Å². The third kappa shape index (κ3) is 0.922. The van der Waals surface area contributed by atoms with Gasteiger partial charge in [0.25, 0.3) is 0 Å². The number of hydrogen-bond acceptors (Lipinski definition) is 4. The third-order valence-corrected chi connectivity index (χ3v) is 1.66. The summed E-state index contributed by atoms with van der Waals surface area (Å²) < 4.78 is 5.30. The molecule has 0 atom stereocenters. The molecular formula is C8H9N3O. The predicted molar refractivity (Wildman–Crippen MR) is 45.7 cm³/mol. The van der Waals surface area contributed by atoms with E-state index in [4.69, 9.17) is 10.2 Å². The third-order valence-electron chi connectivity index (χ3n) is 1.66. The standard InChI is InChI=1S/C8H9N3O/c1-4-3-6-7(9)10-5(2)11-8(6)12-4/h3H,1-2H3,(H2,9,10,11). The zero-order valence-corrected chi connectivity index (χ0v) is 6.96. The smallest absolute Gasteiger partial charge is 0.231 e. The van der Waals surface area contributed by atoms with Crippen LogP contribution < -0.4 is 5.73 Å². The molecule has 12 heavy (non-hydrogen) atoms. The van der Waals surface area contributed by atoms with Gasteiger partial charge in [0, 0.05) is 0 Å². The van der Waals surface area contributed by atoms with Crippen LogP contribution in [0.1, 0.15) is 11.6 Å². The van der Waals surface area contributed by atoms with Gasteiger partial charge in [-0.25, -0.2) is 4.98 Å². The largest absolute Gasteiger partial charge is 0.443 e. The number of rotatable bonds is 0. The second kappa shape index (κ2) is 2.20. The summed E-state index contributed by atoms with van der Waals surface area (Å²) in [7, 11) is 0. The normalized spacial score (nSPS) is 10.8. The maximum absolute atomic E-state index is 5.66. The molecule has 0 aliphatic rings. The number of furan rings is 1. The predicted octanol–water partition coefficient (Wildman–Crippen LogP) is 1.42. The lowest BCUT2D eigenvalue weighted by molar-refractivity contribution is 0.566. The minimum Gasteiger partial charge on any atom is -0.443 e. The molecule has 0 radical (unpaired) electrons. The van der Waals surface area contributed by atoms with Crippen molar-refractivity contribution in [1.82, 2.24) is 9.97 Å². The van der Waals surface area contributed by atoms with Crippen LogP contribution in [0.5, 0.6) is 0 Å². The van der Waals surface area contributed by atoms with E-state index in [0.717, 1.165) is 11.1 Å². The van der Waals surface area contributed by atoms with Crippen molar-refractivity contribution >= 4 is 16.9 Å². The Morgan fingerprint density at radius 1 is 1.33 bits per heavy atom. The Morgan fingerprint density at radius 3 is 2.83 bits per heavy atom. The number of aromatic nitrogens is 2. The molecule has 0 bridgehead atoms. The van der Waals surface area contributed by atoms with Crippen LogP contribution in [0.3, 0.4) is 0 Å². The highest BCUT2D eigenvalue weighted by Crippen LogP contribution is 2.20. The summed E-state index contributed by atoms with van der Waals surface area (Å²) >= 11 is 0. The van der Waals surface area contributed by atoms with E-state index in [9.17, 15) is 0 Å². The summed E-state index contributed by atoms with van der Waals surface area (Å²) in [6.07, 6.45) is 0. The Bertz CT molecular complexity index is 433. The second-order valence-corrected chi connectivity index (χ2v) is 2.73. The topological polar surface area (TPSA) is 64.9 Å². The van der Waals surface area contributed by atoms with Crippen molar-refractivity contribution in [3.8, 4) is 0 Å². The zero-order valence-electron chi connectivity index (χ0n) is 6.96. The molecule has 0 spiro atoms. The van der Waals surface area contributed by atoms with Gasteiger partial charge in [-0.3, -0.25) is 0 Å². The van der Waals surface area contributed by atoms with Gasteiger partial charge in [-0.05, 0) is 19.9 Å². The van der Waals surface area contributed by atoms with Crippen molar-refractivity contribution in [2.24, 2.45) is 0 Å². The molecule has 2 heterocycles. The van der Waals surface area contributed by atoms with Crippen LogP contribution in [0.2, 0.25) is 0 Å². The van der Waals surface area contributed by atoms with Gasteiger partial charge < -0.3 is 10.2 Å². The van der Waals surface area contributed by atoms with Crippen LogP contribution in [0.15, 0.2) is 10.5 Å². The monoisotopic (exact) mass is 163 g/mol. The molecule has 2 N–H and O–H groups in total. The van der Waals surface area contributed by atoms with Gasteiger partial charge in [0.1, 0.15) is 17.4 Å². The molecule has 2 aromatic heterocycles. The van der Waals surface area contributed by atoms with Crippen molar-refractivity contribution < 1.29 is 4.42 Å². The van der Waals surface area contributed by atoms with E-state index in [1.54, 1.807) is 6.92 Å². The quantitative estimate of drug-likeness (QED) is 0.637. The van der Waals surface area contributed by atoms with E-state index < -0.39 is 0 Å². The summed E-state index contributed by atoms with van der Waals surface area (Å²) in [5.41, 5.74) is 6.23. The highest BCUT2D eigenvalue weighted by molar-refractivity contribution is 5.84. The number of hydrogen-bond donors (Lipinski definition) is 1. The maximum atomic E-state index is 5.66. The summed E-state index contributed by atoms with van der Waals surface area (Å²) in [6, 6.07) is 1.84. The molecular weight excluding hydrogens is 154 g/mol. The molecule has 0 aliphatic carbocycles. The van der Waals surface area contributed by atoms with Crippen molar-refractivity contribution in [3.05, 3.63) is 17.7 Å². The Morgan fingerprint density at radius 2 is 2.08 bits per heavy atom. The van der Waals surface area contributed by atoms with Crippen LogP contribution in [0.4, 0.5) is 5.82 Å². The van der Waals surface area contributed by atoms with Crippen molar-refractivity contribution in [2.75, 3.05) is 5.73 Å². The van der Waals surface area contributed by atoms with Crippen LogP contribution >= 0.6 is 0 Å². The fourth-order valence-corrected chi connectivity index (χ4v) is 1.17. The van der Waals surface area contributed by atoms with Crippen LogP contribution in [0, 0.1) is 13.8 Å². The highest BCUT2D eigenvalue weighted by atomic mass is 16.3. The number of anilines is 1. The fourth-order valence-electron chi connectivity index (χ4n) is 1.17. The van der Waals surface area contributed by atoms with Gasteiger partial charge in [0.15, 0.2) is 0 Å². The molecule has 0 saturated carbocycles. The zero-order chi connectivity index (χ0) is 8.72.